The summed E-state index contributed by atoms with van der Waals surface area (Å²) in [6.07, 6.45) is 2.01. The van der Waals surface area contributed by atoms with Crippen LogP contribution in [0.25, 0.3) is 12.0 Å². The minimum Gasteiger partial charge on any atom is -0.457 e. The van der Waals surface area contributed by atoms with E-state index in [2.05, 4.69) is 0 Å². The smallest absolute Gasteiger partial charge is 0.418 e. The van der Waals surface area contributed by atoms with E-state index in [0.717, 1.165) is 22.1 Å². The summed E-state index contributed by atoms with van der Waals surface area (Å²) in [7, 11) is 0. The van der Waals surface area contributed by atoms with E-state index in [-0.39, 0.29) is 0 Å². The molecule has 2 N–H and O–H groups in total. The van der Waals surface area contributed by atoms with Gasteiger partial charge in [-0.1, -0.05) is 18.2 Å². The second-order valence-corrected chi connectivity index (χ2v) is 4.49. The lowest BCUT2D eigenvalue weighted by molar-refractivity contribution is -0.400. The second-order valence-electron chi connectivity index (χ2n) is 4.49. The van der Waals surface area contributed by atoms with Gasteiger partial charge in [-0.3, -0.25) is 0 Å². The summed E-state index contributed by atoms with van der Waals surface area (Å²) in [4.78, 5) is 10.5. The number of fused-ring (bicyclic) bond motifs is 2. The molecule has 0 spiro atoms. The number of rotatable bonds is 1. The van der Waals surface area contributed by atoms with Crippen molar-refractivity contribution >= 4 is 12.0 Å². The van der Waals surface area contributed by atoms with Crippen molar-refractivity contribution in [1.29, 1.82) is 0 Å². The zero-order valence-corrected chi connectivity index (χ0v) is 10.3. The molecule has 0 amide bonds. The fourth-order valence-electron chi connectivity index (χ4n) is 2.08. The number of aliphatic hydroxyl groups excluding tert-OH is 1. The third kappa shape index (κ3) is 1.97. The normalized spacial score (nSPS) is 13.5. The molecule has 0 saturated carbocycles. The van der Waals surface area contributed by atoms with Crippen molar-refractivity contribution in [2.45, 2.75) is 6.92 Å². The van der Waals surface area contributed by atoms with Crippen LogP contribution >= 0.6 is 0 Å². The van der Waals surface area contributed by atoms with Gasteiger partial charge in [0.25, 0.3) is 0 Å². The van der Waals surface area contributed by atoms with Crippen LogP contribution in [0.1, 0.15) is 11.1 Å². The van der Waals surface area contributed by atoms with Gasteiger partial charge in [0.05, 0.1) is 10.4 Å². The maximum atomic E-state index is 10.5. The first-order valence-corrected chi connectivity index (χ1v) is 5.89. The lowest BCUT2D eigenvalue weighted by Gasteiger charge is -2.15. The third-order valence-electron chi connectivity index (χ3n) is 3.08. The van der Waals surface area contributed by atoms with E-state index in [9.17, 15) is 10.0 Å². The molecule has 1 aliphatic rings. The number of benzene rings is 2. The van der Waals surface area contributed by atoms with Crippen molar-refractivity contribution in [1.82, 2.24) is 0 Å². The van der Waals surface area contributed by atoms with E-state index in [0.29, 0.717) is 11.0 Å². The van der Waals surface area contributed by atoms with Gasteiger partial charge in [0.2, 0.25) is 0 Å². The van der Waals surface area contributed by atoms with Gasteiger partial charge in [-0.15, -0.1) is 0 Å². The molecule has 1 aliphatic heterocycles. The van der Waals surface area contributed by atoms with Gasteiger partial charge in [-0.2, -0.15) is 0 Å². The third-order valence-corrected chi connectivity index (χ3v) is 3.08. The lowest BCUT2D eigenvalue weighted by Crippen LogP contribution is -2.62. The molecular weight excluding hydrogens is 242 g/mol. The van der Waals surface area contributed by atoms with E-state index in [1.807, 2.05) is 31.2 Å². The van der Waals surface area contributed by atoms with E-state index in [1.165, 1.54) is 5.18 Å². The predicted molar refractivity (Wildman–Crippen MR) is 70.9 cm³/mol. The van der Waals surface area contributed by atoms with Crippen LogP contribution in [0.4, 0.5) is 0 Å². The van der Waals surface area contributed by atoms with Crippen LogP contribution in [0.15, 0.2) is 36.4 Å². The summed E-state index contributed by atoms with van der Waals surface area (Å²) >= 11 is 0. The first-order chi connectivity index (χ1) is 9.17. The number of hydrogen-bond acceptors (Lipinski definition) is 3. The van der Waals surface area contributed by atoms with Gasteiger partial charge in [-0.05, 0) is 36.8 Å². The van der Waals surface area contributed by atoms with Crippen molar-refractivity contribution in [2.75, 3.05) is 0 Å². The highest BCUT2D eigenvalue weighted by Crippen LogP contribution is 2.28. The van der Waals surface area contributed by atoms with Crippen molar-refractivity contribution in [2.24, 2.45) is 0 Å². The molecule has 0 fully saturated rings. The molecule has 94 valence electrons. The molecule has 3 rings (SSSR count). The molecule has 0 aromatic heterocycles. The van der Waals surface area contributed by atoms with Crippen LogP contribution in [-0.2, 0) is 0 Å². The zero-order valence-electron chi connectivity index (χ0n) is 10.3. The van der Waals surface area contributed by atoms with Crippen LogP contribution in [0, 0.1) is 11.8 Å². The molecular formula is C15H12NO3+. The van der Waals surface area contributed by atoms with Crippen molar-refractivity contribution in [3.63, 3.8) is 0 Å². The van der Waals surface area contributed by atoms with Gasteiger partial charge in [0, 0.05) is 15.7 Å². The summed E-state index contributed by atoms with van der Waals surface area (Å²) in [6, 6.07) is 11.1. The summed E-state index contributed by atoms with van der Waals surface area (Å²) < 4.78 is 5.81. The zero-order chi connectivity index (χ0) is 13.4. The monoisotopic (exact) mass is 254 g/mol. The van der Waals surface area contributed by atoms with Crippen molar-refractivity contribution in [3.05, 3.63) is 62.9 Å². The minimum absolute atomic E-state index is 0.401. The standard InChI is InChI=1S/C15H11NO3/c1-9-2-3-10-7-11-4-5-12(15(17)16-18)8-14(11)19-13(10)6-9/h2-8,17H,1H3/p+1. The van der Waals surface area contributed by atoms with E-state index in [4.69, 9.17) is 4.74 Å². The number of nitrogens with one attached hydrogen (secondary N) is 1. The van der Waals surface area contributed by atoms with Crippen LogP contribution in [0.5, 0.6) is 11.5 Å². The first kappa shape index (κ1) is 11.5. The topological polar surface area (TPSA) is 60.5 Å². The summed E-state index contributed by atoms with van der Waals surface area (Å²) in [5.41, 5.74) is 2.13. The molecule has 19 heavy (non-hydrogen) atoms. The SMILES string of the molecule is Cc1ccc2c(c1)Oc1cc(=C(O)[NH+]=O)ccc1=C2. The Labute approximate surface area is 109 Å². The largest absolute Gasteiger partial charge is 0.457 e. The van der Waals surface area contributed by atoms with Crippen molar-refractivity contribution < 1.29 is 15.0 Å². The predicted octanol–water partition coefficient (Wildman–Crippen LogP) is 0.400. The maximum Gasteiger partial charge on any atom is 0.418 e. The van der Waals surface area contributed by atoms with E-state index >= 15 is 0 Å². The molecule has 0 radical (unpaired) electrons. The highest BCUT2D eigenvalue weighted by atomic mass is 16.5. The molecule has 2 aromatic carbocycles. The Hall–Kier alpha value is -2.62. The molecule has 2 aromatic rings. The summed E-state index contributed by atoms with van der Waals surface area (Å²) in [5, 5.41) is 12.2. The molecule has 4 nitrogen and oxygen atoms in total. The van der Waals surface area contributed by atoms with Gasteiger partial charge in [0.15, 0.2) is 0 Å². The highest BCUT2D eigenvalue weighted by molar-refractivity contribution is 5.63. The van der Waals surface area contributed by atoms with Gasteiger partial charge in [-0.25, -0.2) is 0 Å². The average Bonchev–Trinajstić information content (AvgIpc) is 2.43. The molecule has 0 unspecified atom stereocenters. The lowest BCUT2D eigenvalue weighted by atomic mass is 10.1. The Kier molecular flexibility index (Phi) is 2.56. The number of ether oxygens (including phenoxy) is 1. The fraction of sp³-hybridized carbons (Fsp3) is 0.0667. The molecule has 0 bridgehead atoms. The maximum absolute atomic E-state index is 10.5. The number of aliphatic hydroxyl groups is 1. The minimum atomic E-state index is -0.415. The van der Waals surface area contributed by atoms with Crippen LogP contribution in [-0.4, -0.2) is 5.11 Å². The van der Waals surface area contributed by atoms with Gasteiger partial charge in [0.1, 0.15) is 11.5 Å². The number of hydrogen-bond donors (Lipinski definition) is 2. The summed E-state index contributed by atoms with van der Waals surface area (Å²) in [6.45, 7) is 2.00. The Balaban J connectivity index is 2.23. The Morgan fingerprint density at radius 3 is 2.79 bits per heavy atom. The van der Waals surface area contributed by atoms with Gasteiger partial charge >= 0.3 is 5.88 Å². The highest BCUT2D eigenvalue weighted by Gasteiger charge is 2.12. The molecule has 4 heteroatoms. The number of nitroso groups, excluding NO2 is 1. The Morgan fingerprint density at radius 1 is 1.16 bits per heavy atom. The molecule has 0 atom stereocenters. The molecule has 0 aliphatic carbocycles. The average molecular weight is 254 g/mol. The van der Waals surface area contributed by atoms with Crippen molar-refractivity contribution in [3.8, 4) is 11.5 Å². The van der Waals surface area contributed by atoms with Gasteiger partial charge < -0.3 is 9.84 Å². The Bertz CT molecular complexity index is 794. The van der Waals surface area contributed by atoms with Crippen LogP contribution in [0.3, 0.4) is 0 Å². The molecule has 1 heterocycles. The number of aryl methyl sites for hydroxylation is 1. The van der Waals surface area contributed by atoms with E-state index in [1.54, 1.807) is 18.2 Å². The molecule has 0 saturated heterocycles. The fourth-order valence-corrected chi connectivity index (χ4v) is 2.08. The van der Waals surface area contributed by atoms with E-state index < -0.39 is 5.88 Å². The van der Waals surface area contributed by atoms with Crippen LogP contribution < -0.4 is 20.4 Å². The summed E-state index contributed by atoms with van der Waals surface area (Å²) in [5.74, 6) is 0.984. The Morgan fingerprint density at radius 2 is 2.00 bits per heavy atom. The quantitative estimate of drug-likeness (QED) is 0.661. The second kappa shape index (κ2) is 4.24. The first-order valence-electron chi connectivity index (χ1n) is 5.89. The van der Waals surface area contributed by atoms with Crippen LogP contribution in [0.2, 0.25) is 0 Å².